The van der Waals surface area contributed by atoms with Gasteiger partial charge in [-0.25, -0.2) is 0 Å². The summed E-state index contributed by atoms with van der Waals surface area (Å²) in [5.41, 5.74) is 0. The van der Waals surface area contributed by atoms with Crippen LogP contribution in [0.25, 0.3) is 0 Å². The van der Waals surface area contributed by atoms with Gasteiger partial charge in [-0.2, -0.15) is 0 Å². The van der Waals surface area contributed by atoms with Crippen molar-refractivity contribution in [3.63, 3.8) is 0 Å². The maximum atomic E-state index is 12.5. The summed E-state index contributed by atoms with van der Waals surface area (Å²) in [6.07, 6.45) is 66.3. The zero-order valence-corrected chi connectivity index (χ0v) is 43.7. The highest BCUT2D eigenvalue weighted by Gasteiger charge is 2.18. The van der Waals surface area contributed by atoms with Crippen molar-refractivity contribution in [2.75, 3.05) is 13.2 Å². The highest BCUT2D eigenvalue weighted by atomic mass is 16.5. The molecule has 0 aromatic rings. The summed E-state index contributed by atoms with van der Waals surface area (Å²) in [7, 11) is 0. The molecule has 0 rings (SSSR count). The average Bonchev–Trinajstić information content (AvgIpc) is 3.31. The van der Waals surface area contributed by atoms with E-state index in [0.717, 1.165) is 77.0 Å². The van der Waals surface area contributed by atoms with Crippen molar-refractivity contribution in [2.45, 2.75) is 328 Å². The van der Waals surface area contributed by atoms with Gasteiger partial charge in [0.2, 0.25) is 5.91 Å². The topological polar surface area (TPSA) is 95.9 Å². The third kappa shape index (κ3) is 51.6. The molecule has 0 aliphatic heterocycles. The molecular weight excluding hydrogens is 803 g/mol. The van der Waals surface area contributed by atoms with Crippen LogP contribution in [0.5, 0.6) is 0 Å². The molecule has 6 heteroatoms. The van der Waals surface area contributed by atoms with Gasteiger partial charge >= 0.3 is 5.97 Å². The number of aliphatic hydroxyl groups excluding tert-OH is 2. The van der Waals surface area contributed by atoms with Gasteiger partial charge in [-0.15, -0.1) is 0 Å². The zero-order chi connectivity index (χ0) is 47.2. The number of carbonyl (C=O) groups is 2. The summed E-state index contributed by atoms with van der Waals surface area (Å²) in [6.45, 7) is 4.84. The lowest BCUT2D eigenvalue weighted by molar-refractivity contribution is -0.143. The number of ether oxygens (including phenoxy) is 1. The van der Waals surface area contributed by atoms with Crippen molar-refractivity contribution in [3.05, 3.63) is 24.3 Å². The molecule has 0 radical (unpaired) electrons. The lowest BCUT2D eigenvalue weighted by atomic mass is 10.0. The van der Waals surface area contributed by atoms with Crippen molar-refractivity contribution in [1.29, 1.82) is 0 Å². The molecule has 6 nitrogen and oxygen atoms in total. The monoisotopic (exact) mass is 916 g/mol. The van der Waals surface area contributed by atoms with Crippen molar-refractivity contribution >= 4 is 11.9 Å². The molecule has 0 spiro atoms. The van der Waals surface area contributed by atoms with Gasteiger partial charge < -0.3 is 20.3 Å². The van der Waals surface area contributed by atoms with Crippen molar-refractivity contribution in [1.82, 2.24) is 5.32 Å². The summed E-state index contributed by atoms with van der Waals surface area (Å²) in [6, 6.07) is -0.653. The van der Waals surface area contributed by atoms with E-state index in [4.69, 9.17) is 4.74 Å². The van der Waals surface area contributed by atoms with Crippen LogP contribution in [0.1, 0.15) is 316 Å². The minimum atomic E-state index is -0.866. The van der Waals surface area contributed by atoms with Gasteiger partial charge in [-0.05, 0) is 57.8 Å². The zero-order valence-electron chi connectivity index (χ0n) is 43.7. The second kappa shape index (κ2) is 54.9. The quantitative estimate of drug-likeness (QED) is 0.0321. The molecule has 0 saturated heterocycles. The number of hydrogen-bond donors (Lipinski definition) is 3. The van der Waals surface area contributed by atoms with E-state index in [9.17, 15) is 19.8 Å². The Morgan fingerprint density at radius 3 is 1.09 bits per heavy atom. The molecule has 0 aromatic carbocycles. The Kier molecular flexibility index (Phi) is 53.5. The van der Waals surface area contributed by atoms with Gasteiger partial charge in [0.15, 0.2) is 0 Å². The maximum absolute atomic E-state index is 12.5. The standard InChI is InChI=1S/C59H113NO5/c1-3-5-7-9-11-13-15-17-19-21-23-25-27-29-31-35-39-43-47-51-57(62)56(55-61)60-58(63)52-48-44-40-36-33-34-38-42-46-50-54-65-59(64)53-49-45-41-37-32-30-28-26-24-22-20-18-16-14-12-10-8-6-4-2/h34,38,47,51,56-57,61-62H,3-33,35-37,39-46,48-50,52-55H2,1-2H3,(H,60,63)/b38-34-,51-47+. The predicted octanol–water partition coefficient (Wildman–Crippen LogP) is 17.9. The number of esters is 1. The second-order valence-electron chi connectivity index (χ2n) is 20.0. The molecule has 65 heavy (non-hydrogen) atoms. The van der Waals surface area contributed by atoms with E-state index in [1.165, 1.54) is 212 Å². The van der Waals surface area contributed by atoms with Gasteiger partial charge in [0.1, 0.15) is 0 Å². The SMILES string of the molecule is CCCCCCCCCCCCCCCCCCC/C=C/C(O)C(CO)NC(=O)CCCCCC/C=C\CCCCOC(=O)CCCCCCCCCCCCCCCCCCCCC. The van der Waals surface area contributed by atoms with Crippen LogP contribution in [0.4, 0.5) is 0 Å². The fourth-order valence-electron chi connectivity index (χ4n) is 8.98. The lowest BCUT2D eigenvalue weighted by Gasteiger charge is -2.20. The van der Waals surface area contributed by atoms with Gasteiger partial charge in [0.25, 0.3) is 0 Å². The van der Waals surface area contributed by atoms with E-state index in [1.807, 2.05) is 6.08 Å². The van der Waals surface area contributed by atoms with Crippen LogP contribution in [-0.4, -0.2) is 47.4 Å². The van der Waals surface area contributed by atoms with Crippen molar-refractivity contribution in [2.24, 2.45) is 0 Å². The van der Waals surface area contributed by atoms with Crippen LogP contribution < -0.4 is 5.32 Å². The van der Waals surface area contributed by atoms with Gasteiger partial charge in [-0.1, -0.05) is 269 Å². The second-order valence-corrected chi connectivity index (χ2v) is 20.0. The molecule has 0 fully saturated rings. The Labute approximate surface area is 405 Å². The van der Waals surface area contributed by atoms with Crippen LogP contribution >= 0.6 is 0 Å². The fourth-order valence-corrected chi connectivity index (χ4v) is 8.98. The number of carbonyl (C=O) groups excluding carboxylic acids is 2. The Morgan fingerprint density at radius 1 is 0.415 bits per heavy atom. The highest BCUT2D eigenvalue weighted by molar-refractivity contribution is 5.76. The summed E-state index contributed by atoms with van der Waals surface area (Å²) in [5, 5.41) is 23.1. The fraction of sp³-hybridized carbons (Fsp3) is 0.898. The predicted molar refractivity (Wildman–Crippen MR) is 283 cm³/mol. The first-order chi connectivity index (χ1) is 32.0. The van der Waals surface area contributed by atoms with Gasteiger partial charge in [0, 0.05) is 12.8 Å². The molecule has 0 aliphatic carbocycles. The highest BCUT2D eigenvalue weighted by Crippen LogP contribution is 2.17. The van der Waals surface area contributed by atoms with E-state index in [2.05, 4.69) is 31.3 Å². The molecule has 0 aromatic heterocycles. The summed E-state index contributed by atoms with van der Waals surface area (Å²) in [5.74, 6) is -0.134. The smallest absolute Gasteiger partial charge is 0.305 e. The Bertz CT molecular complexity index is 1010. The molecule has 384 valence electrons. The first kappa shape index (κ1) is 63.3. The Morgan fingerprint density at radius 2 is 0.723 bits per heavy atom. The number of nitrogens with one attached hydrogen (secondary N) is 1. The molecule has 1 amide bonds. The van der Waals surface area contributed by atoms with Crippen molar-refractivity contribution in [3.8, 4) is 0 Å². The average molecular weight is 917 g/mol. The van der Waals surface area contributed by atoms with Crippen LogP contribution in [0.3, 0.4) is 0 Å². The molecule has 2 atom stereocenters. The number of allylic oxidation sites excluding steroid dienone is 3. The third-order valence-corrected chi connectivity index (χ3v) is 13.5. The van der Waals surface area contributed by atoms with E-state index in [-0.39, 0.29) is 18.5 Å². The van der Waals surface area contributed by atoms with Crippen LogP contribution in [0, 0.1) is 0 Å². The minimum Gasteiger partial charge on any atom is -0.466 e. The van der Waals surface area contributed by atoms with E-state index in [1.54, 1.807) is 6.08 Å². The maximum Gasteiger partial charge on any atom is 0.305 e. The first-order valence-electron chi connectivity index (χ1n) is 29.1. The molecule has 0 aliphatic rings. The van der Waals surface area contributed by atoms with Crippen LogP contribution in [0.2, 0.25) is 0 Å². The van der Waals surface area contributed by atoms with Gasteiger partial charge in [0.05, 0.1) is 25.4 Å². The third-order valence-electron chi connectivity index (χ3n) is 13.5. The van der Waals surface area contributed by atoms with Crippen LogP contribution in [0.15, 0.2) is 24.3 Å². The van der Waals surface area contributed by atoms with E-state index < -0.39 is 12.1 Å². The Hall–Kier alpha value is -1.66. The molecule has 3 N–H and O–H groups in total. The molecule has 2 unspecified atom stereocenters. The number of amides is 1. The summed E-state index contributed by atoms with van der Waals surface area (Å²) in [4.78, 5) is 24.5. The van der Waals surface area contributed by atoms with Crippen LogP contribution in [-0.2, 0) is 14.3 Å². The van der Waals surface area contributed by atoms with E-state index >= 15 is 0 Å². The molecule has 0 heterocycles. The summed E-state index contributed by atoms with van der Waals surface area (Å²) < 4.78 is 5.46. The summed E-state index contributed by atoms with van der Waals surface area (Å²) >= 11 is 0. The minimum absolute atomic E-state index is 0.0332. The Balaban J connectivity index is 3.52. The number of hydrogen-bond acceptors (Lipinski definition) is 5. The normalized spacial score (nSPS) is 12.7. The lowest BCUT2D eigenvalue weighted by Crippen LogP contribution is -2.45. The number of aliphatic hydroxyl groups is 2. The van der Waals surface area contributed by atoms with Gasteiger partial charge in [-0.3, -0.25) is 9.59 Å². The number of rotatable bonds is 54. The molecule has 0 saturated carbocycles. The van der Waals surface area contributed by atoms with Crippen molar-refractivity contribution < 1.29 is 24.5 Å². The van der Waals surface area contributed by atoms with E-state index in [0.29, 0.717) is 19.4 Å². The molecular formula is C59H113NO5. The largest absolute Gasteiger partial charge is 0.466 e. The first-order valence-corrected chi connectivity index (χ1v) is 29.1. The molecule has 0 bridgehead atoms. The number of unbranched alkanes of at least 4 members (excludes halogenated alkanes) is 41.